The lowest BCUT2D eigenvalue weighted by atomic mass is 9.91. The molecule has 1 aliphatic rings. The van der Waals surface area contributed by atoms with Crippen molar-refractivity contribution in [3.63, 3.8) is 0 Å². The molecule has 3 aromatic carbocycles. The number of aliphatic hydroxyl groups is 1. The number of ether oxygens (including phenoxy) is 1. The summed E-state index contributed by atoms with van der Waals surface area (Å²) in [7, 11) is 1.59. The Bertz CT molecular complexity index is 1160. The fourth-order valence-electron chi connectivity index (χ4n) is 4.07. The van der Waals surface area contributed by atoms with Crippen molar-refractivity contribution >= 4 is 39.8 Å². The monoisotopic (exact) mass is 435 g/mol. The van der Waals surface area contributed by atoms with Crippen LogP contribution < -0.4 is 0 Å². The van der Waals surface area contributed by atoms with E-state index in [0.717, 1.165) is 16.3 Å². The third-order valence-corrected chi connectivity index (χ3v) is 5.78. The Morgan fingerprint density at radius 1 is 1.03 bits per heavy atom. The van der Waals surface area contributed by atoms with Gasteiger partial charge in [-0.1, -0.05) is 54.1 Å². The number of carbonyl (C=O) groups excluding carboxylic acids is 2. The molecule has 1 N–H and O–H groups in total. The molecule has 1 aliphatic heterocycles. The summed E-state index contributed by atoms with van der Waals surface area (Å²) in [5.74, 6) is -1.52. The molecule has 4 rings (SSSR count). The molecule has 0 radical (unpaired) electrons. The number of aliphatic hydroxyl groups excluding tert-OH is 1. The molecule has 158 valence electrons. The second-order valence-electron chi connectivity index (χ2n) is 7.41. The van der Waals surface area contributed by atoms with E-state index in [0.29, 0.717) is 30.2 Å². The summed E-state index contributed by atoms with van der Waals surface area (Å²) in [5, 5.41) is 13.5. The van der Waals surface area contributed by atoms with Gasteiger partial charge in [-0.3, -0.25) is 9.59 Å². The highest BCUT2D eigenvalue weighted by molar-refractivity contribution is 6.46. The highest BCUT2D eigenvalue weighted by atomic mass is 35.5. The molecule has 0 bridgehead atoms. The van der Waals surface area contributed by atoms with Crippen LogP contribution in [-0.2, 0) is 14.3 Å². The summed E-state index contributed by atoms with van der Waals surface area (Å²) in [6.45, 7) is 0.798. The van der Waals surface area contributed by atoms with Crippen LogP contribution in [0.25, 0.3) is 16.5 Å². The van der Waals surface area contributed by atoms with Crippen molar-refractivity contribution in [3.05, 3.63) is 88.5 Å². The van der Waals surface area contributed by atoms with Gasteiger partial charge in [-0.05, 0) is 47.0 Å². The molecule has 0 spiro atoms. The molecule has 1 heterocycles. The van der Waals surface area contributed by atoms with Crippen LogP contribution in [0.15, 0.2) is 72.3 Å². The minimum atomic E-state index is -0.696. The average Bonchev–Trinajstić information content (AvgIpc) is 3.04. The highest BCUT2D eigenvalue weighted by Crippen LogP contribution is 2.41. The Morgan fingerprint density at radius 3 is 2.48 bits per heavy atom. The zero-order valence-corrected chi connectivity index (χ0v) is 17.8. The van der Waals surface area contributed by atoms with Gasteiger partial charge in [-0.2, -0.15) is 0 Å². The van der Waals surface area contributed by atoms with Gasteiger partial charge in [-0.25, -0.2) is 0 Å². The standard InChI is InChI=1S/C25H22ClNO4/c1-31-15-5-14-27-22(20-9-4-7-16-6-2-3-8-19(16)20)21(24(29)25(27)30)23(28)17-10-12-18(26)13-11-17/h2-4,6-13,22,28H,5,14-15H2,1H3/b23-21-. The normalized spacial score (nSPS) is 18.1. The molecule has 1 amide bonds. The van der Waals surface area contributed by atoms with Crippen LogP contribution in [0, 0.1) is 0 Å². The number of carbonyl (C=O) groups is 2. The van der Waals surface area contributed by atoms with E-state index < -0.39 is 17.7 Å². The van der Waals surface area contributed by atoms with Gasteiger partial charge in [0.05, 0.1) is 11.6 Å². The van der Waals surface area contributed by atoms with Crippen LogP contribution >= 0.6 is 11.6 Å². The summed E-state index contributed by atoms with van der Waals surface area (Å²) < 4.78 is 5.13. The number of Topliss-reactive ketones (excluding diaryl/α,β-unsaturated/α-hetero) is 1. The first-order valence-corrected chi connectivity index (χ1v) is 10.4. The maximum atomic E-state index is 13.1. The van der Waals surface area contributed by atoms with Crippen LogP contribution in [0.5, 0.6) is 0 Å². The lowest BCUT2D eigenvalue weighted by molar-refractivity contribution is -0.140. The van der Waals surface area contributed by atoms with E-state index in [-0.39, 0.29) is 11.3 Å². The maximum absolute atomic E-state index is 13.1. The van der Waals surface area contributed by atoms with E-state index in [1.807, 2.05) is 42.5 Å². The number of amides is 1. The van der Waals surface area contributed by atoms with E-state index in [1.54, 1.807) is 31.4 Å². The minimum Gasteiger partial charge on any atom is -0.507 e. The first-order valence-electron chi connectivity index (χ1n) is 10.0. The molecular formula is C25H22ClNO4. The number of fused-ring (bicyclic) bond motifs is 1. The summed E-state index contributed by atoms with van der Waals surface area (Å²) in [5.41, 5.74) is 1.32. The molecule has 31 heavy (non-hydrogen) atoms. The van der Waals surface area contributed by atoms with Crippen molar-refractivity contribution in [3.8, 4) is 0 Å². The number of nitrogens with zero attached hydrogens (tertiary/aromatic N) is 1. The SMILES string of the molecule is COCCCN1C(=O)C(=O)/C(=C(\O)c2ccc(Cl)cc2)C1c1cccc2ccccc12. The Balaban J connectivity index is 1.91. The van der Waals surface area contributed by atoms with Crippen molar-refractivity contribution in [1.29, 1.82) is 0 Å². The zero-order valence-electron chi connectivity index (χ0n) is 17.0. The lowest BCUT2D eigenvalue weighted by Crippen LogP contribution is -2.31. The summed E-state index contributed by atoms with van der Waals surface area (Å²) in [4.78, 5) is 27.6. The summed E-state index contributed by atoms with van der Waals surface area (Å²) >= 11 is 5.97. The second-order valence-corrected chi connectivity index (χ2v) is 7.85. The van der Waals surface area contributed by atoms with Gasteiger partial charge in [0.1, 0.15) is 5.76 Å². The van der Waals surface area contributed by atoms with Gasteiger partial charge in [-0.15, -0.1) is 0 Å². The topological polar surface area (TPSA) is 66.8 Å². The first-order chi connectivity index (χ1) is 15.0. The number of benzene rings is 3. The first kappa shape index (κ1) is 21.1. The minimum absolute atomic E-state index is 0.0843. The molecule has 6 heteroatoms. The van der Waals surface area contributed by atoms with E-state index in [4.69, 9.17) is 16.3 Å². The second kappa shape index (κ2) is 8.92. The number of hydrogen-bond acceptors (Lipinski definition) is 4. The molecule has 5 nitrogen and oxygen atoms in total. The Labute approximate surface area is 185 Å². The fraction of sp³-hybridized carbons (Fsp3) is 0.200. The van der Waals surface area contributed by atoms with Gasteiger partial charge in [0.15, 0.2) is 0 Å². The third-order valence-electron chi connectivity index (χ3n) is 5.52. The van der Waals surface area contributed by atoms with Crippen LogP contribution in [0.3, 0.4) is 0 Å². The predicted molar refractivity (Wildman–Crippen MR) is 121 cm³/mol. The summed E-state index contributed by atoms with van der Waals surface area (Å²) in [6, 6.07) is 19.4. The van der Waals surface area contributed by atoms with Crippen LogP contribution in [0.2, 0.25) is 5.02 Å². The van der Waals surface area contributed by atoms with E-state index in [1.165, 1.54) is 4.90 Å². The number of methoxy groups -OCH3 is 1. The fourth-order valence-corrected chi connectivity index (χ4v) is 4.19. The smallest absolute Gasteiger partial charge is 0.295 e. The predicted octanol–water partition coefficient (Wildman–Crippen LogP) is 4.95. The van der Waals surface area contributed by atoms with Crippen molar-refractivity contribution in [2.75, 3.05) is 20.3 Å². The van der Waals surface area contributed by atoms with Gasteiger partial charge in [0.2, 0.25) is 0 Å². The molecule has 0 aliphatic carbocycles. The van der Waals surface area contributed by atoms with Crippen LogP contribution in [0.1, 0.15) is 23.6 Å². The van der Waals surface area contributed by atoms with E-state index >= 15 is 0 Å². The molecule has 0 saturated carbocycles. The Hall–Kier alpha value is -3.15. The molecule has 1 fully saturated rings. The van der Waals surface area contributed by atoms with E-state index in [2.05, 4.69) is 0 Å². The van der Waals surface area contributed by atoms with Crippen LogP contribution in [-0.4, -0.2) is 42.0 Å². The van der Waals surface area contributed by atoms with Gasteiger partial charge < -0.3 is 14.7 Å². The largest absolute Gasteiger partial charge is 0.507 e. The van der Waals surface area contributed by atoms with Crippen LogP contribution in [0.4, 0.5) is 0 Å². The summed E-state index contributed by atoms with van der Waals surface area (Å²) in [6.07, 6.45) is 0.575. The van der Waals surface area contributed by atoms with Gasteiger partial charge in [0, 0.05) is 30.8 Å². The van der Waals surface area contributed by atoms with Crippen molar-refractivity contribution in [2.24, 2.45) is 0 Å². The molecule has 1 atom stereocenters. The zero-order chi connectivity index (χ0) is 22.0. The van der Waals surface area contributed by atoms with Gasteiger partial charge in [0.25, 0.3) is 11.7 Å². The third kappa shape index (κ3) is 3.94. The lowest BCUT2D eigenvalue weighted by Gasteiger charge is -2.26. The molecule has 0 aromatic heterocycles. The van der Waals surface area contributed by atoms with Crippen molar-refractivity contribution < 1.29 is 19.4 Å². The number of likely N-dealkylation sites (tertiary alicyclic amines) is 1. The highest BCUT2D eigenvalue weighted by Gasteiger charge is 2.46. The quantitative estimate of drug-likeness (QED) is 0.257. The van der Waals surface area contributed by atoms with E-state index in [9.17, 15) is 14.7 Å². The number of halogens is 1. The molecular weight excluding hydrogens is 414 g/mol. The molecule has 3 aromatic rings. The molecule has 1 unspecified atom stereocenters. The number of hydrogen-bond donors (Lipinski definition) is 1. The maximum Gasteiger partial charge on any atom is 0.295 e. The molecule has 1 saturated heterocycles. The Morgan fingerprint density at radius 2 is 1.74 bits per heavy atom. The number of rotatable bonds is 6. The van der Waals surface area contributed by atoms with Crippen molar-refractivity contribution in [1.82, 2.24) is 4.90 Å². The van der Waals surface area contributed by atoms with Crippen molar-refractivity contribution in [2.45, 2.75) is 12.5 Å². The number of ketones is 1. The average molecular weight is 436 g/mol. The van der Waals surface area contributed by atoms with Gasteiger partial charge >= 0.3 is 0 Å². The Kier molecular flexibility index (Phi) is 6.07.